The van der Waals surface area contributed by atoms with Crippen LogP contribution in [0, 0.1) is 0 Å². The Kier molecular flexibility index (Phi) is 3.59. The van der Waals surface area contributed by atoms with Gasteiger partial charge in [-0.2, -0.15) is 0 Å². The van der Waals surface area contributed by atoms with Crippen molar-refractivity contribution in [2.24, 2.45) is 7.05 Å². The Morgan fingerprint density at radius 2 is 2.00 bits per heavy atom. The quantitative estimate of drug-likeness (QED) is 0.680. The number of benzene rings is 1. The van der Waals surface area contributed by atoms with Crippen LogP contribution >= 0.6 is 0 Å². The standard InChI is InChI=1S/C15H14N4O2/c1-19-10-18-14-12(16-9-17-15(14)19)7-13(20)21-8-11-5-3-2-4-6-11/h2-6,9-10H,7-8H2,1H3. The molecule has 106 valence electrons. The largest absolute Gasteiger partial charge is 0.461 e. The van der Waals surface area contributed by atoms with Crippen LogP contribution in [0.15, 0.2) is 43.0 Å². The van der Waals surface area contributed by atoms with Crippen LogP contribution in [0.5, 0.6) is 0 Å². The SMILES string of the molecule is Cn1cnc2c(CC(=O)OCc3ccccc3)ncnc21. The smallest absolute Gasteiger partial charge is 0.312 e. The summed E-state index contributed by atoms with van der Waals surface area (Å²) in [5, 5.41) is 0. The van der Waals surface area contributed by atoms with Gasteiger partial charge in [-0.3, -0.25) is 4.79 Å². The van der Waals surface area contributed by atoms with E-state index in [1.54, 1.807) is 10.9 Å². The highest BCUT2D eigenvalue weighted by Crippen LogP contribution is 2.13. The van der Waals surface area contributed by atoms with Gasteiger partial charge in [0.05, 0.1) is 18.4 Å². The van der Waals surface area contributed by atoms with Gasteiger partial charge in [0, 0.05) is 7.05 Å². The maximum Gasteiger partial charge on any atom is 0.312 e. The highest BCUT2D eigenvalue weighted by Gasteiger charge is 2.13. The van der Waals surface area contributed by atoms with Crippen LogP contribution in [-0.4, -0.2) is 25.5 Å². The Balaban J connectivity index is 1.69. The number of carbonyl (C=O) groups is 1. The minimum absolute atomic E-state index is 0.0862. The van der Waals surface area contributed by atoms with E-state index in [-0.39, 0.29) is 19.0 Å². The lowest BCUT2D eigenvalue weighted by atomic mass is 10.2. The molecule has 0 bridgehead atoms. The summed E-state index contributed by atoms with van der Waals surface area (Å²) in [5.74, 6) is -0.329. The van der Waals surface area contributed by atoms with Crippen molar-refractivity contribution in [3.05, 3.63) is 54.2 Å². The fraction of sp³-hybridized carbons (Fsp3) is 0.200. The van der Waals surface area contributed by atoms with Gasteiger partial charge in [-0.1, -0.05) is 30.3 Å². The summed E-state index contributed by atoms with van der Waals surface area (Å²) in [6, 6.07) is 9.56. The van der Waals surface area contributed by atoms with E-state index in [2.05, 4.69) is 15.0 Å². The summed E-state index contributed by atoms with van der Waals surface area (Å²) in [6.45, 7) is 0.260. The zero-order valence-corrected chi connectivity index (χ0v) is 11.6. The highest BCUT2D eigenvalue weighted by molar-refractivity contribution is 5.80. The van der Waals surface area contributed by atoms with Gasteiger partial charge in [-0.05, 0) is 5.56 Å². The fourth-order valence-corrected chi connectivity index (χ4v) is 2.05. The van der Waals surface area contributed by atoms with Gasteiger partial charge < -0.3 is 9.30 Å². The lowest BCUT2D eigenvalue weighted by Gasteiger charge is -2.05. The van der Waals surface area contributed by atoms with Crippen LogP contribution in [-0.2, 0) is 29.6 Å². The van der Waals surface area contributed by atoms with Crippen molar-refractivity contribution in [2.75, 3.05) is 0 Å². The summed E-state index contributed by atoms with van der Waals surface area (Å²) < 4.78 is 7.04. The summed E-state index contributed by atoms with van der Waals surface area (Å²) >= 11 is 0. The van der Waals surface area contributed by atoms with E-state index in [0.717, 1.165) is 5.56 Å². The first-order chi connectivity index (χ1) is 10.2. The molecule has 0 aliphatic carbocycles. The molecule has 0 aliphatic heterocycles. The minimum Gasteiger partial charge on any atom is -0.461 e. The highest BCUT2D eigenvalue weighted by atomic mass is 16.5. The molecule has 0 radical (unpaired) electrons. The Hall–Kier alpha value is -2.76. The first-order valence-electron chi connectivity index (χ1n) is 6.54. The molecule has 0 N–H and O–H groups in total. The third kappa shape index (κ3) is 2.89. The number of imidazole rings is 1. The molecule has 3 rings (SSSR count). The summed E-state index contributed by atoms with van der Waals surface area (Å²) in [4.78, 5) is 24.4. The topological polar surface area (TPSA) is 69.9 Å². The number of rotatable bonds is 4. The molecule has 0 aliphatic rings. The van der Waals surface area contributed by atoms with Crippen molar-refractivity contribution < 1.29 is 9.53 Å². The molecular weight excluding hydrogens is 268 g/mol. The number of aromatic nitrogens is 4. The Morgan fingerprint density at radius 1 is 1.19 bits per heavy atom. The molecule has 1 aromatic carbocycles. The fourth-order valence-electron chi connectivity index (χ4n) is 2.05. The average Bonchev–Trinajstić information content (AvgIpc) is 2.89. The van der Waals surface area contributed by atoms with Gasteiger partial charge in [0.25, 0.3) is 0 Å². The normalized spacial score (nSPS) is 10.7. The van der Waals surface area contributed by atoms with Crippen molar-refractivity contribution >= 4 is 17.1 Å². The molecule has 6 nitrogen and oxygen atoms in total. The van der Waals surface area contributed by atoms with Crippen LogP contribution in [0.25, 0.3) is 11.2 Å². The van der Waals surface area contributed by atoms with Crippen molar-refractivity contribution in [1.82, 2.24) is 19.5 Å². The molecule has 0 saturated heterocycles. The average molecular weight is 282 g/mol. The molecule has 0 spiro atoms. The van der Waals surface area contributed by atoms with Crippen molar-refractivity contribution in [3.8, 4) is 0 Å². The Labute approximate surface area is 121 Å². The van der Waals surface area contributed by atoms with Crippen LogP contribution in [0.3, 0.4) is 0 Å². The third-order valence-corrected chi connectivity index (χ3v) is 3.13. The van der Waals surface area contributed by atoms with Crippen molar-refractivity contribution in [3.63, 3.8) is 0 Å². The summed E-state index contributed by atoms with van der Waals surface area (Å²) in [7, 11) is 1.85. The van der Waals surface area contributed by atoms with Crippen molar-refractivity contribution in [2.45, 2.75) is 13.0 Å². The molecule has 0 saturated carbocycles. The number of nitrogens with zero attached hydrogens (tertiary/aromatic N) is 4. The second kappa shape index (κ2) is 5.70. The van der Waals surface area contributed by atoms with E-state index in [4.69, 9.17) is 4.74 Å². The third-order valence-electron chi connectivity index (χ3n) is 3.13. The lowest BCUT2D eigenvalue weighted by molar-refractivity contribution is -0.144. The maximum absolute atomic E-state index is 11.9. The molecule has 3 aromatic rings. The number of hydrogen-bond donors (Lipinski definition) is 0. The summed E-state index contributed by atoms with van der Waals surface area (Å²) in [5.41, 5.74) is 2.88. The van der Waals surface area contributed by atoms with Crippen LogP contribution in [0.2, 0.25) is 0 Å². The Bertz CT molecular complexity index is 768. The van der Waals surface area contributed by atoms with E-state index in [1.807, 2.05) is 37.4 Å². The molecule has 0 fully saturated rings. The van der Waals surface area contributed by atoms with E-state index in [1.165, 1.54) is 6.33 Å². The molecule has 21 heavy (non-hydrogen) atoms. The number of carbonyl (C=O) groups excluding carboxylic acids is 1. The number of hydrogen-bond acceptors (Lipinski definition) is 5. The van der Waals surface area contributed by atoms with Crippen LogP contribution in [0.4, 0.5) is 0 Å². The zero-order chi connectivity index (χ0) is 14.7. The van der Waals surface area contributed by atoms with Gasteiger partial charge in [0.15, 0.2) is 5.65 Å². The van der Waals surface area contributed by atoms with Gasteiger partial charge in [0.2, 0.25) is 0 Å². The van der Waals surface area contributed by atoms with E-state index < -0.39 is 0 Å². The number of aryl methyl sites for hydroxylation is 1. The summed E-state index contributed by atoms with van der Waals surface area (Å²) in [6.07, 6.45) is 3.17. The molecule has 2 heterocycles. The predicted octanol–water partition coefficient (Wildman–Crippen LogP) is 1.65. The maximum atomic E-state index is 11.9. The molecule has 6 heteroatoms. The van der Waals surface area contributed by atoms with Gasteiger partial charge >= 0.3 is 5.97 Å². The Morgan fingerprint density at radius 3 is 2.81 bits per heavy atom. The molecule has 2 aromatic heterocycles. The zero-order valence-electron chi connectivity index (χ0n) is 11.6. The molecule has 0 amide bonds. The lowest BCUT2D eigenvalue weighted by Crippen LogP contribution is -2.10. The second-order valence-electron chi connectivity index (χ2n) is 4.67. The second-order valence-corrected chi connectivity index (χ2v) is 4.67. The van der Waals surface area contributed by atoms with Gasteiger partial charge in [-0.25, -0.2) is 15.0 Å². The van der Waals surface area contributed by atoms with Gasteiger partial charge in [0.1, 0.15) is 18.5 Å². The molecule has 0 atom stereocenters. The van der Waals surface area contributed by atoms with Gasteiger partial charge in [-0.15, -0.1) is 0 Å². The monoisotopic (exact) mass is 282 g/mol. The molecular formula is C15H14N4O2. The number of fused-ring (bicyclic) bond motifs is 1. The first kappa shape index (κ1) is 13.2. The van der Waals surface area contributed by atoms with Crippen molar-refractivity contribution in [1.29, 1.82) is 0 Å². The number of ether oxygens (including phenoxy) is 1. The predicted molar refractivity (Wildman–Crippen MR) is 76.2 cm³/mol. The number of esters is 1. The van der Waals surface area contributed by atoms with E-state index in [9.17, 15) is 4.79 Å². The minimum atomic E-state index is -0.329. The van der Waals surface area contributed by atoms with Crippen LogP contribution in [0.1, 0.15) is 11.3 Å². The van der Waals surface area contributed by atoms with E-state index >= 15 is 0 Å². The van der Waals surface area contributed by atoms with E-state index in [0.29, 0.717) is 16.9 Å². The first-order valence-corrected chi connectivity index (χ1v) is 6.54. The molecule has 0 unspecified atom stereocenters. The van der Waals surface area contributed by atoms with Crippen LogP contribution < -0.4 is 0 Å².